The number of anilines is 2. The van der Waals surface area contributed by atoms with E-state index < -0.39 is 0 Å². The molecule has 5 heteroatoms. The standard InChI is InChI=1S/C13H20ClN3O/c1-3-7-17(2)8-6-13(18)16-12-9-10(14)4-5-11(12)15/h4-5,9H,3,6-8,15H2,1-2H3,(H,16,18). The van der Waals surface area contributed by atoms with Gasteiger partial charge in [-0.2, -0.15) is 0 Å². The number of carbonyl (C=O) groups excluding carboxylic acids is 1. The minimum Gasteiger partial charge on any atom is -0.397 e. The lowest BCUT2D eigenvalue weighted by Gasteiger charge is -2.15. The fourth-order valence-corrected chi connectivity index (χ4v) is 1.81. The molecule has 0 aliphatic rings. The molecule has 0 unspecified atom stereocenters. The maximum Gasteiger partial charge on any atom is 0.225 e. The van der Waals surface area contributed by atoms with Gasteiger partial charge in [0.1, 0.15) is 0 Å². The number of nitrogens with two attached hydrogens (primary N) is 1. The van der Waals surface area contributed by atoms with Crippen LogP contribution in [0.4, 0.5) is 11.4 Å². The predicted molar refractivity (Wildman–Crippen MR) is 76.9 cm³/mol. The topological polar surface area (TPSA) is 58.4 Å². The largest absolute Gasteiger partial charge is 0.397 e. The van der Waals surface area contributed by atoms with Gasteiger partial charge >= 0.3 is 0 Å². The normalized spacial score (nSPS) is 10.7. The van der Waals surface area contributed by atoms with Gasteiger partial charge in [-0.3, -0.25) is 4.79 Å². The highest BCUT2D eigenvalue weighted by atomic mass is 35.5. The highest BCUT2D eigenvalue weighted by molar-refractivity contribution is 6.31. The molecule has 3 N–H and O–H groups in total. The van der Waals surface area contributed by atoms with Crippen molar-refractivity contribution < 1.29 is 4.79 Å². The second-order valence-electron chi connectivity index (χ2n) is 4.33. The van der Waals surface area contributed by atoms with Gasteiger partial charge < -0.3 is 16.0 Å². The first-order valence-corrected chi connectivity index (χ1v) is 6.44. The van der Waals surface area contributed by atoms with Crippen LogP contribution in [0.15, 0.2) is 18.2 Å². The molecule has 1 amide bonds. The first-order chi connectivity index (χ1) is 8.52. The molecule has 0 fully saturated rings. The van der Waals surface area contributed by atoms with Gasteiger partial charge in [0.15, 0.2) is 0 Å². The number of rotatable bonds is 6. The van der Waals surface area contributed by atoms with Crippen molar-refractivity contribution in [1.29, 1.82) is 0 Å². The van der Waals surface area contributed by atoms with E-state index in [-0.39, 0.29) is 5.91 Å². The van der Waals surface area contributed by atoms with E-state index in [9.17, 15) is 4.79 Å². The van der Waals surface area contributed by atoms with E-state index in [1.807, 2.05) is 7.05 Å². The van der Waals surface area contributed by atoms with E-state index >= 15 is 0 Å². The van der Waals surface area contributed by atoms with E-state index in [1.165, 1.54) is 0 Å². The molecular formula is C13H20ClN3O. The number of nitrogens with one attached hydrogen (secondary N) is 1. The van der Waals surface area contributed by atoms with Gasteiger partial charge in [-0.15, -0.1) is 0 Å². The second-order valence-corrected chi connectivity index (χ2v) is 4.77. The smallest absolute Gasteiger partial charge is 0.225 e. The number of nitrogen functional groups attached to an aromatic ring is 1. The van der Waals surface area contributed by atoms with Gasteiger partial charge in [-0.1, -0.05) is 18.5 Å². The summed E-state index contributed by atoms with van der Waals surface area (Å²) in [6.45, 7) is 3.84. The molecule has 1 aromatic carbocycles. The van der Waals surface area contributed by atoms with E-state index in [1.54, 1.807) is 18.2 Å². The predicted octanol–water partition coefficient (Wildman–Crippen LogP) is 2.59. The van der Waals surface area contributed by atoms with Crippen molar-refractivity contribution in [3.8, 4) is 0 Å². The first-order valence-electron chi connectivity index (χ1n) is 6.06. The molecule has 4 nitrogen and oxygen atoms in total. The van der Waals surface area contributed by atoms with Gasteiger partial charge in [0.05, 0.1) is 11.4 Å². The molecule has 0 aromatic heterocycles. The number of halogens is 1. The van der Waals surface area contributed by atoms with Crippen LogP contribution in [-0.4, -0.2) is 30.9 Å². The zero-order chi connectivity index (χ0) is 13.5. The molecule has 0 aliphatic heterocycles. The third kappa shape index (κ3) is 4.94. The van der Waals surface area contributed by atoms with E-state index in [0.29, 0.717) is 22.8 Å². The van der Waals surface area contributed by atoms with Crippen LogP contribution >= 0.6 is 11.6 Å². The number of hydrogen-bond donors (Lipinski definition) is 2. The van der Waals surface area contributed by atoms with Crippen molar-refractivity contribution >= 4 is 28.9 Å². The number of benzene rings is 1. The Labute approximate surface area is 113 Å². The Balaban J connectivity index is 2.47. The van der Waals surface area contributed by atoms with Gasteiger partial charge in [-0.05, 0) is 38.2 Å². The minimum absolute atomic E-state index is 0.0491. The number of hydrogen-bond acceptors (Lipinski definition) is 3. The molecule has 0 bridgehead atoms. The van der Waals surface area contributed by atoms with Gasteiger partial charge in [0.25, 0.3) is 0 Å². The Bertz CT molecular complexity index is 409. The summed E-state index contributed by atoms with van der Waals surface area (Å²) in [5.74, 6) is -0.0491. The van der Waals surface area contributed by atoms with Crippen LogP contribution in [0.5, 0.6) is 0 Å². The summed E-state index contributed by atoms with van der Waals surface area (Å²) >= 11 is 5.85. The highest BCUT2D eigenvalue weighted by Gasteiger charge is 2.07. The Kier molecular flexibility index (Phi) is 5.95. The average Bonchev–Trinajstić information content (AvgIpc) is 2.32. The SMILES string of the molecule is CCCN(C)CCC(=O)Nc1cc(Cl)ccc1N. The van der Waals surface area contributed by atoms with Crippen LogP contribution in [0, 0.1) is 0 Å². The number of amides is 1. The van der Waals surface area contributed by atoms with E-state index in [4.69, 9.17) is 17.3 Å². The maximum absolute atomic E-state index is 11.7. The Morgan fingerprint density at radius 1 is 1.44 bits per heavy atom. The fraction of sp³-hybridized carbons (Fsp3) is 0.462. The zero-order valence-electron chi connectivity index (χ0n) is 10.9. The summed E-state index contributed by atoms with van der Waals surface area (Å²) in [6.07, 6.45) is 1.53. The van der Waals surface area contributed by atoms with Gasteiger partial charge in [0, 0.05) is 18.0 Å². The highest BCUT2D eigenvalue weighted by Crippen LogP contribution is 2.22. The van der Waals surface area contributed by atoms with Gasteiger partial charge in [0.2, 0.25) is 5.91 Å². The maximum atomic E-state index is 11.7. The molecule has 0 radical (unpaired) electrons. The average molecular weight is 270 g/mol. The van der Waals surface area contributed by atoms with Crippen molar-refractivity contribution in [2.75, 3.05) is 31.2 Å². The summed E-state index contributed by atoms with van der Waals surface area (Å²) in [6, 6.07) is 5.03. The molecule has 0 spiro atoms. The molecule has 0 saturated carbocycles. The summed E-state index contributed by atoms with van der Waals surface area (Å²) in [4.78, 5) is 13.9. The Morgan fingerprint density at radius 3 is 2.83 bits per heavy atom. The third-order valence-corrected chi connectivity index (χ3v) is 2.85. The van der Waals surface area contributed by atoms with Crippen molar-refractivity contribution in [2.45, 2.75) is 19.8 Å². The summed E-state index contributed by atoms with van der Waals surface area (Å²) in [5, 5.41) is 3.33. The molecule has 0 saturated heterocycles. The fourth-order valence-electron chi connectivity index (χ4n) is 1.64. The lowest BCUT2D eigenvalue weighted by Crippen LogP contribution is -2.25. The van der Waals surface area contributed by atoms with Crippen LogP contribution in [0.2, 0.25) is 5.02 Å². The number of carbonyl (C=O) groups is 1. The van der Waals surface area contributed by atoms with E-state index in [2.05, 4.69) is 17.1 Å². The number of nitrogens with zero attached hydrogens (tertiary/aromatic N) is 1. The quantitative estimate of drug-likeness (QED) is 0.781. The Morgan fingerprint density at radius 2 is 2.17 bits per heavy atom. The zero-order valence-corrected chi connectivity index (χ0v) is 11.6. The molecule has 18 heavy (non-hydrogen) atoms. The molecule has 100 valence electrons. The summed E-state index contributed by atoms with van der Waals surface area (Å²) in [7, 11) is 2.00. The van der Waals surface area contributed by atoms with Crippen molar-refractivity contribution in [3.05, 3.63) is 23.2 Å². The van der Waals surface area contributed by atoms with Crippen molar-refractivity contribution in [3.63, 3.8) is 0 Å². The van der Waals surface area contributed by atoms with Crippen molar-refractivity contribution in [1.82, 2.24) is 4.90 Å². The van der Waals surface area contributed by atoms with Crippen molar-refractivity contribution in [2.24, 2.45) is 0 Å². The van der Waals surface area contributed by atoms with Crippen LogP contribution < -0.4 is 11.1 Å². The van der Waals surface area contributed by atoms with Gasteiger partial charge in [-0.25, -0.2) is 0 Å². The lowest BCUT2D eigenvalue weighted by molar-refractivity contribution is -0.116. The third-order valence-electron chi connectivity index (χ3n) is 2.62. The lowest BCUT2D eigenvalue weighted by atomic mass is 10.2. The van der Waals surface area contributed by atoms with Crippen LogP contribution in [0.25, 0.3) is 0 Å². The first kappa shape index (κ1) is 14.8. The molecule has 1 rings (SSSR count). The second kappa shape index (κ2) is 7.24. The van der Waals surface area contributed by atoms with Crippen LogP contribution in [-0.2, 0) is 4.79 Å². The molecule has 0 atom stereocenters. The molecule has 0 heterocycles. The van der Waals surface area contributed by atoms with Crippen LogP contribution in [0.3, 0.4) is 0 Å². The van der Waals surface area contributed by atoms with Crippen LogP contribution in [0.1, 0.15) is 19.8 Å². The Hall–Kier alpha value is -1.26. The monoisotopic (exact) mass is 269 g/mol. The summed E-state index contributed by atoms with van der Waals surface area (Å²) in [5.41, 5.74) is 6.86. The molecule has 0 aliphatic carbocycles. The summed E-state index contributed by atoms with van der Waals surface area (Å²) < 4.78 is 0. The minimum atomic E-state index is -0.0491. The molecular weight excluding hydrogens is 250 g/mol. The van der Waals surface area contributed by atoms with E-state index in [0.717, 1.165) is 19.5 Å². The molecule has 1 aromatic rings.